The van der Waals surface area contributed by atoms with Gasteiger partial charge in [0, 0.05) is 0 Å². The number of hydrogen-bond acceptors (Lipinski definition) is 5. The van der Waals surface area contributed by atoms with E-state index in [0.717, 1.165) is 4.90 Å². The Morgan fingerprint density at radius 1 is 1.25 bits per heavy atom. The molecule has 3 rings (SSSR count). The zero-order chi connectivity index (χ0) is 17.3. The quantitative estimate of drug-likeness (QED) is 0.685. The lowest BCUT2D eigenvalue weighted by molar-refractivity contribution is -0.131. The molecule has 7 nitrogen and oxygen atoms in total. The standard InChI is InChI=1S/C17H16N2O5/c1-17(11-6-4-3-5-7-11)15(21)19(16(22)18-17)10-13-12(8-9-24-13)14(20)23-2/h3-9H,10H2,1-2H3,(H,18,22). The number of carbonyl (C=O) groups is 3. The predicted octanol–water partition coefficient (Wildman–Crippen LogP) is 2.03. The molecule has 0 bridgehead atoms. The lowest BCUT2D eigenvalue weighted by Gasteiger charge is -2.22. The third kappa shape index (κ3) is 2.44. The number of methoxy groups -OCH3 is 1. The van der Waals surface area contributed by atoms with E-state index in [4.69, 9.17) is 4.42 Å². The lowest BCUT2D eigenvalue weighted by Crippen LogP contribution is -2.40. The molecule has 0 aliphatic carbocycles. The van der Waals surface area contributed by atoms with E-state index in [1.165, 1.54) is 19.4 Å². The molecule has 0 saturated carbocycles. The Kier molecular flexibility index (Phi) is 3.84. The highest BCUT2D eigenvalue weighted by Crippen LogP contribution is 2.30. The highest BCUT2D eigenvalue weighted by molar-refractivity contribution is 6.07. The van der Waals surface area contributed by atoms with Crippen LogP contribution in [0, 0.1) is 0 Å². The molecule has 0 spiro atoms. The number of esters is 1. The van der Waals surface area contributed by atoms with Gasteiger partial charge in [0.05, 0.1) is 19.9 Å². The van der Waals surface area contributed by atoms with Gasteiger partial charge in [0.2, 0.25) is 0 Å². The van der Waals surface area contributed by atoms with Crippen LogP contribution in [0.3, 0.4) is 0 Å². The zero-order valence-electron chi connectivity index (χ0n) is 13.2. The first-order valence-corrected chi connectivity index (χ1v) is 7.31. The third-order valence-corrected chi connectivity index (χ3v) is 4.08. The van der Waals surface area contributed by atoms with E-state index < -0.39 is 23.4 Å². The number of rotatable bonds is 4. The second-order valence-electron chi connectivity index (χ2n) is 5.56. The highest BCUT2D eigenvalue weighted by atomic mass is 16.5. The van der Waals surface area contributed by atoms with Gasteiger partial charge in [-0.25, -0.2) is 9.59 Å². The van der Waals surface area contributed by atoms with E-state index in [0.29, 0.717) is 5.56 Å². The van der Waals surface area contributed by atoms with Crippen molar-refractivity contribution < 1.29 is 23.5 Å². The van der Waals surface area contributed by atoms with Gasteiger partial charge in [-0.3, -0.25) is 9.69 Å². The number of amides is 3. The zero-order valence-corrected chi connectivity index (χ0v) is 13.2. The summed E-state index contributed by atoms with van der Waals surface area (Å²) < 4.78 is 9.91. The van der Waals surface area contributed by atoms with E-state index >= 15 is 0 Å². The molecular formula is C17H16N2O5. The van der Waals surface area contributed by atoms with E-state index in [1.54, 1.807) is 31.2 Å². The Morgan fingerprint density at radius 2 is 1.96 bits per heavy atom. The Labute approximate surface area is 138 Å². The summed E-state index contributed by atoms with van der Waals surface area (Å²) >= 11 is 0. The van der Waals surface area contributed by atoms with Crippen molar-refractivity contribution in [2.24, 2.45) is 0 Å². The molecule has 1 unspecified atom stereocenters. The Balaban J connectivity index is 1.89. The molecule has 1 aliphatic rings. The molecule has 1 aliphatic heterocycles. The number of ether oxygens (including phenoxy) is 1. The smallest absolute Gasteiger partial charge is 0.341 e. The third-order valence-electron chi connectivity index (χ3n) is 4.08. The summed E-state index contributed by atoms with van der Waals surface area (Å²) in [4.78, 5) is 37.8. The Morgan fingerprint density at radius 3 is 2.62 bits per heavy atom. The number of nitrogens with zero attached hydrogens (tertiary/aromatic N) is 1. The van der Waals surface area contributed by atoms with Gasteiger partial charge in [0.1, 0.15) is 16.9 Å². The molecule has 1 atom stereocenters. The molecule has 1 fully saturated rings. The molecule has 1 aromatic heterocycles. The van der Waals surface area contributed by atoms with E-state index in [-0.39, 0.29) is 17.9 Å². The van der Waals surface area contributed by atoms with E-state index in [1.807, 2.05) is 6.07 Å². The van der Waals surface area contributed by atoms with Gasteiger partial charge in [-0.2, -0.15) is 0 Å². The van der Waals surface area contributed by atoms with Crippen molar-refractivity contribution in [1.29, 1.82) is 0 Å². The first-order valence-electron chi connectivity index (χ1n) is 7.31. The lowest BCUT2D eigenvalue weighted by atomic mass is 9.92. The minimum atomic E-state index is -1.16. The van der Waals surface area contributed by atoms with Crippen LogP contribution in [0.4, 0.5) is 4.79 Å². The maximum atomic E-state index is 12.8. The average molecular weight is 328 g/mol. The molecule has 1 N–H and O–H groups in total. The summed E-state index contributed by atoms with van der Waals surface area (Å²) in [5.74, 6) is -0.801. The van der Waals surface area contributed by atoms with E-state index in [2.05, 4.69) is 10.1 Å². The van der Waals surface area contributed by atoms with Gasteiger partial charge in [0.15, 0.2) is 0 Å². The summed E-state index contributed by atoms with van der Waals surface area (Å²) in [5, 5.41) is 2.70. The largest absolute Gasteiger partial charge is 0.467 e. The fraction of sp³-hybridized carbons (Fsp3) is 0.235. The Hall–Kier alpha value is -3.09. The fourth-order valence-corrected chi connectivity index (χ4v) is 2.71. The molecule has 24 heavy (non-hydrogen) atoms. The average Bonchev–Trinajstić information content (AvgIpc) is 3.14. The number of hydrogen-bond donors (Lipinski definition) is 1. The van der Waals surface area contributed by atoms with Crippen molar-refractivity contribution in [1.82, 2.24) is 10.2 Å². The number of carbonyl (C=O) groups excluding carboxylic acids is 3. The van der Waals surface area contributed by atoms with Gasteiger partial charge in [-0.15, -0.1) is 0 Å². The second-order valence-corrected chi connectivity index (χ2v) is 5.56. The molecule has 1 aromatic carbocycles. The van der Waals surface area contributed by atoms with Crippen molar-refractivity contribution in [3.63, 3.8) is 0 Å². The molecule has 2 aromatic rings. The van der Waals surface area contributed by atoms with Crippen LogP contribution in [-0.4, -0.2) is 29.9 Å². The van der Waals surface area contributed by atoms with Gasteiger partial charge in [-0.05, 0) is 18.6 Å². The van der Waals surface area contributed by atoms with Gasteiger partial charge in [-0.1, -0.05) is 30.3 Å². The minimum Gasteiger partial charge on any atom is -0.467 e. The molecule has 0 radical (unpaired) electrons. The van der Waals surface area contributed by atoms with Crippen molar-refractivity contribution in [2.75, 3.05) is 7.11 Å². The summed E-state index contributed by atoms with van der Waals surface area (Å²) in [7, 11) is 1.25. The molecule has 7 heteroatoms. The summed E-state index contributed by atoms with van der Waals surface area (Å²) in [5.41, 5.74) is -0.291. The van der Waals surface area contributed by atoms with Crippen molar-refractivity contribution in [3.05, 3.63) is 59.5 Å². The molecule has 2 heterocycles. The van der Waals surface area contributed by atoms with Crippen LogP contribution < -0.4 is 5.32 Å². The molecule has 3 amide bonds. The first-order chi connectivity index (χ1) is 11.5. The first kappa shape index (κ1) is 15.8. The summed E-state index contributed by atoms with van der Waals surface area (Å²) in [6.07, 6.45) is 1.32. The number of urea groups is 1. The fourth-order valence-electron chi connectivity index (χ4n) is 2.71. The maximum absolute atomic E-state index is 12.8. The monoisotopic (exact) mass is 328 g/mol. The van der Waals surface area contributed by atoms with Crippen molar-refractivity contribution in [3.8, 4) is 0 Å². The number of nitrogens with one attached hydrogen (secondary N) is 1. The van der Waals surface area contributed by atoms with Crippen LogP contribution in [0.1, 0.15) is 28.6 Å². The topological polar surface area (TPSA) is 88.8 Å². The van der Waals surface area contributed by atoms with Crippen LogP contribution in [0.5, 0.6) is 0 Å². The molecule has 124 valence electrons. The SMILES string of the molecule is COC(=O)c1ccoc1CN1C(=O)NC(C)(c2ccccc2)C1=O. The maximum Gasteiger partial charge on any atom is 0.341 e. The van der Waals surface area contributed by atoms with Crippen molar-refractivity contribution >= 4 is 17.9 Å². The van der Waals surface area contributed by atoms with E-state index in [9.17, 15) is 14.4 Å². The van der Waals surface area contributed by atoms with Crippen LogP contribution in [0.2, 0.25) is 0 Å². The number of benzene rings is 1. The minimum absolute atomic E-state index is 0.148. The van der Waals surface area contributed by atoms with Crippen molar-refractivity contribution in [2.45, 2.75) is 19.0 Å². The highest BCUT2D eigenvalue weighted by Gasteiger charge is 2.49. The predicted molar refractivity (Wildman–Crippen MR) is 82.9 cm³/mol. The summed E-state index contributed by atoms with van der Waals surface area (Å²) in [6, 6.07) is 9.87. The van der Waals surface area contributed by atoms with Crippen LogP contribution in [0.25, 0.3) is 0 Å². The normalized spacial score (nSPS) is 20.2. The molecule has 1 saturated heterocycles. The van der Waals surface area contributed by atoms with Crippen LogP contribution >= 0.6 is 0 Å². The Bertz CT molecular complexity index is 798. The number of furan rings is 1. The van der Waals surface area contributed by atoms with Gasteiger partial charge < -0.3 is 14.5 Å². The number of imide groups is 1. The molecular weight excluding hydrogens is 312 g/mol. The second kappa shape index (κ2) is 5.84. The van der Waals surface area contributed by atoms with Crippen LogP contribution in [-0.2, 0) is 21.6 Å². The van der Waals surface area contributed by atoms with Gasteiger partial charge >= 0.3 is 12.0 Å². The van der Waals surface area contributed by atoms with Crippen LogP contribution in [0.15, 0.2) is 47.1 Å². The summed E-state index contributed by atoms with van der Waals surface area (Å²) in [6.45, 7) is 1.50. The van der Waals surface area contributed by atoms with Gasteiger partial charge in [0.25, 0.3) is 5.91 Å².